The monoisotopic (exact) mass is 596 g/mol. The number of hydrogen-bond donors (Lipinski definition) is 0. The Morgan fingerprint density at radius 3 is 1.98 bits per heavy atom. The van der Waals surface area contributed by atoms with Crippen LogP contribution in [0, 0.1) is 12.7 Å². The van der Waals surface area contributed by atoms with Gasteiger partial charge in [-0.2, -0.15) is 0 Å². The summed E-state index contributed by atoms with van der Waals surface area (Å²) in [6.07, 6.45) is 4.05. The summed E-state index contributed by atoms with van der Waals surface area (Å²) in [6, 6.07) is 39.6. The van der Waals surface area contributed by atoms with Crippen LogP contribution in [-0.4, -0.2) is 13.3 Å². The molecule has 0 saturated heterocycles. The molecule has 2 aliphatic heterocycles. The number of nitrogens with zero attached hydrogens (tertiary/aromatic N) is 2. The van der Waals surface area contributed by atoms with Gasteiger partial charge in [-0.05, 0) is 71.6 Å². The van der Waals surface area contributed by atoms with Gasteiger partial charge in [-0.3, -0.25) is 0 Å². The van der Waals surface area contributed by atoms with E-state index < -0.39 is 10.0 Å². The zero-order valence-corrected chi connectivity index (χ0v) is 24.8. The molecule has 3 atom stereocenters. The molecule has 5 aromatic rings. The third kappa shape index (κ3) is 4.05. The van der Waals surface area contributed by atoms with E-state index in [1.54, 1.807) is 30.5 Å². The highest BCUT2D eigenvalue weighted by molar-refractivity contribution is 7.93. The van der Waals surface area contributed by atoms with E-state index in [-0.39, 0.29) is 28.6 Å². The van der Waals surface area contributed by atoms with Crippen molar-refractivity contribution in [1.29, 1.82) is 0 Å². The highest BCUT2D eigenvalue weighted by Crippen LogP contribution is 2.63. The second kappa shape index (κ2) is 10.1. The van der Waals surface area contributed by atoms with Crippen LogP contribution in [-0.2, 0) is 10.0 Å². The SMILES string of the molecule is Cc1ccc(S(=O)(=O)N2C=C(c3ccc(F)cc3)N3C(c4ccccc4)=CC4c5ccccc5C4C3c3ccccc32)cc1. The van der Waals surface area contributed by atoms with Gasteiger partial charge in [-0.15, -0.1) is 0 Å². The van der Waals surface area contributed by atoms with E-state index in [1.165, 1.54) is 27.6 Å². The highest BCUT2D eigenvalue weighted by atomic mass is 32.2. The lowest BCUT2D eigenvalue weighted by Gasteiger charge is -2.52. The molecule has 216 valence electrons. The van der Waals surface area contributed by atoms with Crippen molar-refractivity contribution < 1.29 is 12.8 Å². The standard InChI is InChI=1S/C38H29FN2O2S/c1-25-15-21-29(22-16-25)44(42,43)40-24-36(27-17-19-28(39)20-18-27)41-35(26-9-3-2-4-10-26)23-33-30-11-5-6-12-31(30)37(33)38(41)32-13-7-8-14-34(32)40/h2-24,33,37-38H,1H3. The van der Waals surface area contributed by atoms with E-state index in [0.717, 1.165) is 28.0 Å². The zero-order chi connectivity index (χ0) is 30.0. The molecule has 0 spiro atoms. The van der Waals surface area contributed by atoms with Gasteiger partial charge in [0.25, 0.3) is 10.0 Å². The van der Waals surface area contributed by atoms with Gasteiger partial charge in [0.2, 0.25) is 0 Å². The molecule has 0 N–H and O–H groups in total. The average Bonchev–Trinajstić information content (AvgIpc) is 3.19. The fourth-order valence-electron chi connectivity index (χ4n) is 7.02. The minimum Gasteiger partial charge on any atom is -0.331 e. The summed E-state index contributed by atoms with van der Waals surface area (Å²) in [4.78, 5) is 2.49. The number of hydrogen-bond acceptors (Lipinski definition) is 3. The van der Waals surface area contributed by atoms with Crippen LogP contribution in [0.3, 0.4) is 0 Å². The van der Waals surface area contributed by atoms with E-state index in [2.05, 4.69) is 53.4 Å². The van der Waals surface area contributed by atoms with E-state index in [0.29, 0.717) is 11.4 Å². The normalized spacial score (nSPS) is 20.2. The molecule has 1 aliphatic carbocycles. The molecule has 5 aromatic carbocycles. The number of sulfonamides is 1. The predicted molar refractivity (Wildman–Crippen MR) is 173 cm³/mol. The van der Waals surface area contributed by atoms with Gasteiger partial charge in [0, 0.05) is 29.3 Å². The summed E-state index contributed by atoms with van der Waals surface area (Å²) < 4.78 is 44.8. The molecule has 0 saturated carbocycles. The second-order valence-corrected chi connectivity index (χ2v) is 13.4. The van der Waals surface area contributed by atoms with Crippen LogP contribution in [0.25, 0.3) is 11.4 Å². The first-order valence-electron chi connectivity index (χ1n) is 14.7. The Bertz CT molecular complexity index is 2070. The summed E-state index contributed by atoms with van der Waals surface area (Å²) in [5.41, 5.74) is 8.49. The predicted octanol–water partition coefficient (Wildman–Crippen LogP) is 8.62. The lowest BCUT2D eigenvalue weighted by atomic mass is 9.61. The molecule has 8 rings (SSSR count). The molecular formula is C38H29FN2O2S. The first-order valence-corrected chi connectivity index (χ1v) is 16.2. The lowest BCUT2D eigenvalue weighted by Crippen LogP contribution is -2.41. The first-order chi connectivity index (χ1) is 21.4. The van der Waals surface area contributed by atoms with Gasteiger partial charge in [0.05, 0.1) is 22.3 Å². The molecule has 0 amide bonds. The van der Waals surface area contributed by atoms with Crippen molar-refractivity contribution in [2.75, 3.05) is 4.31 Å². The Balaban J connectivity index is 1.45. The number of benzene rings is 5. The van der Waals surface area contributed by atoms with Gasteiger partial charge >= 0.3 is 0 Å². The lowest BCUT2D eigenvalue weighted by molar-refractivity contribution is 0.286. The molecule has 3 aliphatic rings. The fraction of sp³-hybridized carbons (Fsp3) is 0.105. The topological polar surface area (TPSA) is 40.6 Å². The fourth-order valence-corrected chi connectivity index (χ4v) is 8.39. The van der Waals surface area contributed by atoms with Crippen LogP contribution in [0.15, 0.2) is 145 Å². The molecule has 2 heterocycles. The van der Waals surface area contributed by atoms with Gasteiger partial charge < -0.3 is 4.90 Å². The minimum absolute atomic E-state index is 0.0886. The molecule has 0 aromatic heterocycles. The number of fused-ring (bicyclic) bond motifs is 8. The van der Waals surface area contributed by atoms with Gasteiger partial charge in [-0.25, -0.2) is 17.1 Å². The first kappa shape index (κ1) is 26.7. The summed E-state index contributed by atoms with van der Waals surface area (Å²) in [5, 5.41) is 0. The Kier molecular flexibility index (Phi) is 6.10. The summed E-state index contributed by atoms with van der Waals surface area (Å²) in [6.45, 7) is 1.94. The van der Waals surface area contributed by atoms with Crippen molar-refractivity contribution >= 4 is 27.1 Å². The van der Waals surface area contributed by atoms with E-state index >= 15 is 0 Å². The summed E-state index contributed by atoms with van der Waals surface area (Å²) in [7, 11) is -4.03. The summed E-state index contributed by atoms with van der Waals surface area (Å²) >= 11 is 0. The van der Waals surface area contributed by atoms with E-state index in [1.807, 2.05) is 55.5 Å². The van der Waals surface area contributed by atoms with Crippen molar-refractivity contribution in [3.63, 3.8) is 0 Å². The maximum Gasteiger partial charge on any atom is 0.268 e. The minimum atomic E-state index is -4.03. The van der Waals surface area contributed by atoms with Crippen molar-refractivity contribution in [2.24, 2.45) is 0 Å². The third-order valence-electron chi connectivity index (χ3n) is 9.10. The molecule has 44 heavy (non-hydrogen) atoms. The van der Waals surface area contributed by atoms with Crippen molar-refractivity contribution in [3.05, 3.63) is 179 Å². The smallest absolute Gasteiger partial charge is 0.268 e. The van der Waals surface area contributed by atoms with Crippen LogP contribution in [0.4, 0.5) is 10.1 Å². The molecule has 6 heteroatoms. The van der Waals surface area contributed by atoms with Crippen molar-refractivity contribution in [3.8, 4) is 0 Å². The third-order valence-corrected chi connectivity index (χ3v) is 10.8. The average molecular weight is 597 g/mol. The van der Waals surface area contributed by atoms with Crippen LogP contribution in [0.5, 0.6) is 0 Å². The molecule has 0 fully saturated rings. The van der Waals surface area contributed by atoms with Crippen LogP contribution in [0.2, 0.25) is 0 Å². The van der Waals surface area contributed by atoms with Gasteiger partial charge in [0.1, 0.15) is 5.82 Å². The van der Waals surface area contributed by atoms with E-state index in [4.69, 9.17) is 0 Å². The number of allylic oxidation sites excluding steroid dienone is 1. The van der Waals surface area contributed by atoms with E-state index in [9.17, 15) is 12.8 Å². The van der Waals surface area contributed by atoms with Gasteiger partial charge in [-0.1, -0.05) is 96.6 Å². The molecule has 4 nitrogen and oxygen atoms in total. The Morgan fingerprint density at radius 1 is 0.636 bits per heavy atom. The number of anilines is 1. The number of aryl methyl sites for hydroxylation is 1. The summed E-state index contributed by atoms with van der Waals surface area (Å²) in [5.74, 6) is -0.103. The molecule has 3 unspecified atom stereocenters. The quantitative estimate of drug-likeness (QED) is 0.209. The van der Waals surface area contributed by atoms with Gasteiger partial charge in [0.15, 0.2) is 0 Å². The molecule has 0 bridgehead atoms. The number of para-hydroxylation sites is 1. The van der Waals surface area contributed by atoms with Crippen molar-refractivity contribution in [1.82, 2.24) is 4.90 Å². The Labute approximate surface area is 257 Å². The number of rotatable bonds is 4. The Hall–Kier alpha value is -4.94. The van der Waals surface area contributed by atoms with Crippen LogP contribution in [0.1, 0.15) is 51.3 Å². The van der Waals surface area contributed by atoms with Crippen molar-refractivity contribution in [2.45, 2.75) is 29.7 Å². The van der Waals surface area contributed by atoms with Crippen LogP contribution >= 0.6 is 0 Å². The highest BCUT2D eigenvalue weighted by Gasteiger charge is 2.51. The molecule has 0 radical (unpaired) electrons. The largest absolute Gasteiger partial charge is 0.331 e. The maximum absolute atomic E-state index is 14.5. The number of halogens is 1. The second-order valence-electron chi connectivity index (χ2n) is 11.6. The van der Waals surface area contributed by atoms with Crippen LogP contribution < -0.4 is 4.31 Å². The Morgan fingerprint density at radius 2 is 1.25 bits per heavy atom. The zero-order valence-electron chi connectivity index (χ0n) is 24.0. The maximum atomic E-state index is 14.5. The molecular weight excluding hydrogens is 567 g/mol.